The topological polar surface area (TPSA) is 74.2 Å². The van der Waals surface area contributed by atoms with E-state index < -0.39 is 6.04 Å². The Kier molecular flexibility index (Phi) is 10.8. The van der Waals surface area contributed by atoms with E-state index in [1.54, 1.807) is 0 Å². The van der Waals surface area contributed by atoms with Gasteiger partial charge in [0.2, 0.25) is 5.91 Å². The lowest BCUT2D eigenvalue weighted by atomic mass is 10.0. The van der Waals surface area contributed by atoms with E-state index in [0.717, 1.165) is 36.1 Å². The molecule has 0 saturated carbocycles. The number of nitrogens with zero attached hydrogens (tertiary/aromatic N) is 1. The van der Waals surface area contributed by atoms with Crippen LogP contribution in [0.5, 0.6) is 0 Å². The van der Waals surface area contributed by atoms with Crippen molar-refractivity contribution in [3.63, 3.8) is 0 Å². The summed E-state index contributed by atoms with van der Waals surface area (Å²) in [5.74, 6) is -0.0880. The molecule has 2 rings (SSSR count). The van der Waals surface area contributed by atoms with Gasteiger partial charge < -0.3 is 20.9 Å². The first-order chi connectivity index (χ1) is 11.0. The fraction of sp³-hybridized carbons (Fsp3) is 0.500. The van der Waals surface area contributed by atoms with Gasteiger partial charge >= 0.3 is 0 Å². The normalized spacial score (nSPS) is 13.0. The van der Waals surface area contributed by atoms with Gasteiger partial charge in [0.05, 0.1) is 6.04 Å². The largest absolute Gasteiger partial charge is 0.361 e. The van der Waals surface area contributed by atoms with Gasteiger partial charge in [0.15, 0.2) is 0 Å². The summed E-state index contributed by atoms with van der Waals surface area (Å²) in [5.41, 5.74) is 8.26. The second-order valence-electron chi connectivity index (χ2n) is 6.07. The average molecular weight is 389 g/mol. The molecule has 0 aliphatic heterocycles. The van der Waals surface area contributed by atoms with Crippen LogP contribution in [0.15, 0.2) is 30.5 Å². The van der Waals surface area contributed by atoms with Crippen LogP contribution in [0.2, 0.25) is 0 Å². The number of hydrogen-bond acceptors (Lipinski definition) is 3. The molecule has 7 heteroatoms. The van der Waals surface area contributed by atoms with Gasteiger partial charge in [-0.05, 0) is 38.1 Å². The molecule has 0 radical (unpaired) electrons. The number of aromatic nitrogens is 1. The van der Waals surface area contributed by atoms with Crippen molar-refractivity contribution in [3.8, 4) is 0 Å². The molecule has 2 atom stereocenters. The Labute approximate surface area is 162 Å². The Balaban J connectivity index is 0.00000288. The molecule has 1 aromatic carbocycles. The van der Waals surface area contributed by atoms with Crippen LogP contribution in [-0.2, 0) is 11.2 Å². The van der Waals surface area contributed by atoms with Crippen molar-refractivity contribution in [1.82, 2.24) is 15.2 Å². The van der Waals surface area contributed by atoms with Gasteiger partial charge in [-0.15, -0.1) is 24.8 Å². The molecule has 0 aliphatic carbocycles. The molecule has 1 aromatic heterocycles. The number of fused-ring (bicyclic) bond motifs is 1. The minimum Gasteiger partial charge on any atom is -0.361 e. The molecular weight excluding hydrogens is 359 g/mol. The maximum atomic E-state index is 12.3. The first-order valence-electron chi connectivity index (χ1n) is 8.38. The first kappa shape index (κ1) is 23.7. The van der Waals surface area contributed by atoms with Crippen LogP contribution in [0.25, 0.3) is 10.9 Å². The second kappa shape index (κ2) is 11.4. The zero-order valence-corrected chi connectivity index (χ0v) is 16.8. The van der Waals surface area contributed by atoms with Crippen LogP contribution in [0.4, 0.5) is 0 Å². The maximum Gasteiger partial charge on any atom is 0.237 e. The van der Waals surface area contributed by atoms with Crippen LogP contribution in [0.1, 0.15) is 26.3 Å². The number of carbonyl (C=O) groups excluding carboxylic acids is 1. The summed E-state index contributed by atoms with van der Waals surface area (Å²) in [7, 11) is 0. The standard InChI is InChI=1S/C18H28N4O.2ClH/c1-4-22(5-2)12-13(3)21-18(23)16(19)10-14-11-20-17-9-7-6-8-15(14)17;;/h6-9,11,13,16,20H,4-5,10,12,19H2,1-3H3,(H,21,23);2*1H/t13?,16-;;/m0../s1. The van der Waals surface area contributed by atoms with Crippen LogP contribution in [0.3, 0.4) is 0 Å². The van der Waals surface area contributed by atoms with E-state index in [1.165, 1.54) is 0 Å². The van der Waals surface area contributed by atoms with Crippen molar-refractivity contribution < 1.29 is 4.79 Å². The number of para-hydroxylation sites is 1. The number of likely N-dealkylation sites (N-methyl/N-ethyl adjacent to an activating group) is 1. The highest BCUT2D eigenvalue weighted by Crippen LogP contribution is 2.18. The average Bonchev–Trinajstić information content (AvgIpc) is 2.95. The van der Waals surface area contributed by atoms with Crippen LogP contribution >= 0.6 is 24.8 Å². The molecule has 0 aliphatic rings. The number of rotatable bonds is 8. The maximum absolute atomic E-state index is 12.3. The van der Waals surface area contributed by atoms with Crippen molar-refractivity contribution in [3.05, 3.63) is 36.0 Å². The van der Waals surface area contributed by atoms with E-state index in [4.69, 9.17) is 5.73 Å². The number of benzene rings is 1. The zero-order chi connectivity index (χ0) is 16.8. The summed E-state index contributed by atoms with van der Waals surface area (Å²) in [6, 6.07) is 7.62. The number of nitrogens with two attached hydrogens (primary N) is 1. The highest BCUT2D eigenvalue weighted by molar-refractivity contribution is 5.86. The van der Waals surface area contributed by atoms with E-state index in [9.17, 15) is 4.79 Å². The van der Waals surface area contributed by atoms with Gasteiger partial charge in [-0.2, -0.15) is 0 Å². The van der Waals surface area contributed by atoms with Gasteiger partial charge in [-0.25, -0.2) is 0 Å². The number of hydrogen-bond donors (Lipinski definition) is 3. The van der Waals surface area contributed by atoms with Gasteiger partial charge in [0, 0.05) is 29.7 Å². The number of aromatic amines is 1. The quantitative estimate of drug-likeness (QED) is 0.650. The summed E-state index contributed by atoms with van der Waals surface area (Å²) in [6.45, 7) is 9.09. The highest BCUT2D eigenvalue weighted by Gasteiger charge is 2.18. The lowest BCUT2D eigenvalue weighted by Crippen LogP contribution is -2.49. The van der Waals surface area contributed by atoms with E-state index in [2.05, 4.69) is 35.1 Å². The molecule has 25 heavy (non-hydrogen) atoms. The third kappa shape index (κ3) is 6.51. The van der Waals surface area contributed by atoms with E-state index in [-0.39, 0.29) is 36.8 Å². The molecule has 2 aromatic rings. The Bertz CT molecular complexity index is 643. The molecule has 0 spiro atoms. The molecule has 1 unspecified atom stereocenters. The number of H-pyrrole nitrogens is 1. The summed E-state index contributed by atoms with van der Waals surface area (Å²) in [4.78, 5) is 17.8. The highest BCUT2D eigenvalue weighted by atomic mass is 35.5. The van der Waals surface area contributed by atoms with Gasteiger partial charge in [0.25, 0.3) is 0 Å². The predicted molar refractivity (Wildman–Crippen MR) is 110 cm³/mol. The molecule has 0 saturated heterocycles. The van der Waals surface area contributed by atoms with Crippen LogP contribution in [-0.4, -0.2) is 47.5 Å². The molecule has 142 valence electrons. The molecule has 4 N–H and O–H groups in total. The summed E-state index contributed by atoms with van der Waals surface area (Å²) in [6.07, 6.45) is 2.48. The van der Waals surface area contributed by atoms with E-state index in [0.29, 0.717) is 6.42 Å². The minimum absolute atomic E-state index is 0. The predicted octanol–water partition coefficient (Wildman–Crippen LogP) is 2.73. The van der Waals surface area contributed by atoms with Gasteiger partial charge in [-0.3, -0.25) is 4.79 Å². The number of nitrogens with one attached hydrogen (secondary N) is 2. The summed E-state index contributed by atoms with van der Waals surface area (Å²) in [5, 5.41) is 4.15. The monoisotopic (exact) mass is 388 g/mol. The summed E-state index contributed by atoms with van der Waals surface area (Å²) >= 11 is 0. The van der Waals surface area contributed by atoms with Gasteiger partial charge in [0.1, 0.15) is 0 Å². The van der Waals surface area contributed by atoms with Crippen molar-refractivity contribution in [1.29, 1.82) is 0 Å². The number of halogens is 2. The minimum atomic E-state index is -0.534. The van der Waals surface area contributed by atoms with Crippen LogP contribution in [0, 0.1) is 0 Å². The Morgan fingerprint density at radius 2 is 1.88 bits per heavy atom. The van der Waals surface area contributed by atoms with Crippen molar-refractivity contribution in [2.24, 2.45) is 5.73 Å². The number of amides is 1. The Morgan fingerprint density at radius 1 is 1.24 bits per heavy atom. The first-order valence-corrected chi connectivity index (χ1v) is 8.38. The molecular formula is C18H30Cl2N4O. The van der Waals surface area contributed by atoms with Crippen molar-refractivity contribution >= 4 is 41.6 Å². The summed E-state index contributed by atoms with van der Waals surface area (Å²) < 4.78 is 0. The smallest absolute Gasteiger partial charge is 0.237 e. The third-order valence-electron chi connectivity index (χ3n) is 4.27. The van der Waals surface area contributed by atoms with Gasteiger partial charge in [-0.1, -0.05) is 32.0 Å². The van der Waals surface area contributed by atoms with Crippen LogP contribution < -0.4 is 11.1 Å². The SMILES string of the molecule is CCN(CC)CC(C)NC(=O)[C@@H](N)Cc1c[nH]c2ccccc12.Cl.Cl. The second-order valence-corrected chi connectivity index (χ2v) is 6.07. The number of carbonyl (C=O) groups is 1. The fourth-order valence-corrected chi connectivity index (χ4v) is 2.89. The van der Waals surface area contributed by atoms with E-state index >= 15 is 0 Å². The lowest BCUT2D eigenvalue weighted by Gasteiger charge is -2.24. The Hall–Kier alpha value is -1.27. The molecule has 1 heterocycles. The third-order valence-corrected chi connectivity index (χ3v) is 4.27. The molecule has 5 nitrogen and oxygen atoms in total. The zero-order valence-electron chi connectivity index (χ0n) is 15.1. The van der Waals surface area contributed by atoms with Crippen molar-refractivity contribution in [2.75, 3.05) is 19.6 Å². The van der Waals surface area contributed by atoms with Crippen molar-refractivity contribution in [2.45, 2.75) is 39.3 Å². The molecule has 1 amide bonds. The fourth-order valence-electron chi connectivity index (χ4n) is 2.89. The van der Waals surface area contributed by atoms with E-state index in [1.807, 2.05) is 31.3 Å². The lowest BCUT2D eigenvalue weighted by molar-refractivity contribution is -0.123. The molecule has 0 bridgehead atoms. The molecule has 0 fully saturated rings. The Morgan fingerprint density at radius 3 is 2.52 bits per heavy atom.